The van der Waals surface area contributed by atoms with Crippen molar-refractivity contribution in [2.75, 3.05) is 18.1 Å². The third-order valence-corrected chi connectivity index (χ3v) is 4.94. The van der Waals surface area contributed by atoms with Gasteiger partial charge in [0.25, 0.3) is 0 Å². The SMILES string of the molecule is O=S1(=O)CCCC(NCC2CCC=CO2)C1. The summed E-state index contributed by atoms with van der Waals surface area (Å²) in [5.41, 5.74) is 0. The van der Waals surface area contributed by atoms with E-state index in [4.69, 9.17) is 4.74 Å². The fraction of sp³-hybridized carbons (Fsp3) is 0.818. The Labute approximate surface area is 97.0 Å². The largest absolute Gasteiger partial charge is 0.497 e. The standard InChI is InChI=1S/C11H19NO3S/c13-16(14)7-3-4-10(9-16)12-8-11-5-1-2-6-15-11/h2,6,10-12H,1,3-5,7-9H2. The Morgan fingerprint density at radius 3 is 2.94 bits per heavy atom. The van der Waals surface area contributed by atoms with Crippen LogP contribution in [0.15, 0.2) is 12.3 Å². The molecule has 0 radical (unpaired) electrons. The van der Waals surface area contributed by atoms with Gasteiger partial charge in [-0.1, -0.05) is 0 Å². The Balaban J connectivity index is 1.75. The van der Waals surface area contributed by atoms with Crippen LogP contribution in [0.3, 0.4) is 0 Å². The van der Waals surface area contributed by atoms with Gasteiger partial charge in [0.2, 0.25) is 0 Å². The van der Waals surface area contributed by atoms with Gasteiger partial charge in [-0.3, -0.25) is 0 Å². The van der Waals surface area contributed by atoms with Crippen molar-refractivity contribution in [3.05, 3.63) is 12.3 Å². The molecule has 0 aromatic rings. The zero-order valence-corrected chi connectivity index (χ0v) is 10.2. The van der Waals surface area contributed by atoms with Crippen molar-refractivity contribution in [1.29, 1.82) is 0 Å². The fourth-order valence-corrected chi connectivity index (χ4v) is 3.89. The number of nitrogens with one attached hydrogen (secondary N) is 1. The summed E-state index contributed by atoms with van der Waals surface area (Å²) in [6.45, 7) is 0.754. The summed E-state index contributed by atoms with van der Waals surface area (Å²) in [6, 6.07) is 0.119. The molecule has 0 aliphatic carbocycles. The Morgan fingerprint density at radius 2 is 2.25 bits per heavy atom. The van der Waals surface area contributed by atoms with Gasteiger partial charge in [0, 0.05) is 12.6 Å². The van der Waals surface area contributed by atoms with E-state index in [1.165, 1.54) is 0 Å². The van der Waals surface area contributed by atoms with E-state index >= 15 is 0 Å². The van der Waals surface area contributed by atoms with Crippen LogP contribution in [0.25, 0.3) is 0 Å². The molecule has 1 N–H and O–H groups in total. The first-order chi connectivity index (χ1) is 7.66. The lowest BCUT2D eigenvalue weighted by Gasteiger charge is -2.26. The molecule has 4 nitrogen and oxygen atoms in total. The van der Waals surface area contributed by atoms with Crippen LogP contribution in [-0.2, 0) is 14.6 Å². The van der Waals surface area contributed by atoms with Crippen LogP contribution >= 0.6 is 0 Å². The van der Waals surface area contributed by atoms with E-state index in [0.29, 0.717) is 5.75 Å². The van der Waals surface area contributed by atoms with Gasteiger partial charge in [-0.15, -0.1) is 0 Å². The summed E-state index contributed by atoms with van der Waals surface area (Å²) in [5, 5.41) is 3.31. The van der Waals surface area contributed by atoms with Crippen molar-refractivity contribution in [3.8, 4) is 0 Å². The van der Waals surface area contributed by atoms with Crippen molar-refractivity contribution in [3.63, 3.8) is 0 Å². The Morgan fingerprint density at radius 1 is 1.38 bits per heavy atom. The maximum absolute atomic E-state index is 11.4. The highest BCUT2D eigenvalue weighted by Gasteiger charge is 2.25. The lowest BCUT2D eigenvalue weighted by atomic mass is 10.1. The average Bonchev–Trinajstić information content (AvgIpc) is 2.27. The van der Waals surface area contributed by atoms with Crippen LogP contribution in [0.2, 0.25) is 0 Å². The molecule has 2 heterocycles. The van der Waals surface area contributed by atoms with E-state index < -0.39 is 9.84 Å². The lowest BCUT2D eigenvalue weighted by Crippen LogP contribution is -2.43. The Hall–Kier alpha value is -0.550. The predicted molar refractivity (Wildman–Crippen MR) is 62.9 cm³/mol. The van der Waals surface area contributed by atoms with Gasteiger partial charge in [0.1, 0.15) is 6.10 Å². The molecule has 0 aromatic carbocycles. The van der Waals surface area contributed by atoms with Gasteiger partial charge in [-0.25, -0.2) is 8.42 Å². The first kappa shape index (κ1) is 11.9. The van der Waals surface area contributed by atoms with E-state index in [1.807, 2.05) is 6.08 Å². The second kappa shape index (κ2) is 5.19. The highest BCUT2D eigenvalue weighted by atomic mass is 32.2. The number of allylic oxidation sites excluding steroid dienone is 1. The van der Waals surface area contributed by atoms with E-state index in [-0.39, 0.29) is 17.9 Å². The monoisotopic (exact) mass is 245 g/mol. The predicted octanol–water partition coefficient (Wildman–Crippen LogP) is 0.846. The fourth-order valence-electron chi connectivity index (χ4n) is 2.22. The zero-order chi connectivity index (χ0) is 11.4. The van der Waals surface area contributed by atoms with E-state index in [2.05, 4.69) is 5.32 Å². The summed E-state index contributed by atoms with van der Waals surface area (Å²) in [6.07, 6.45) is 7.77. The topological polar surface area (TPSA) is 55.4 Å². The van der Waals surface area contributed by atoms with Crippen molar-refractivity contribution < 1.29 is 13.2 Å². The van der Waals surface area contributed by atoms with Gasteiger partial charge in [-0.2, -0.15) is 0 Å². The highest BCUT2D eigenvalue weighted by molar-refractivity contribution is 7.91. The molecule has 2 aliphatic rings. The van der Waals surface area contributed by atoms with E-state index in [0.717, 1.165) is 32.2 Å². The number of rotatable bonds is 3. The molecule has 0 amide bonds. The lowest BCUT2D eigenvalue weighted by molar-refractivity contribution is 0.119. The van der Waals surface area contributed by atoms with Crippen LogP contribution in [0.5, 0.6) is 0 Å². The molecule has 1 saturated heterocycles. The molecule has 2 aliphatic heterocycles. The van der Waals surface area contributed by atoms with E-state index in [9.17, 15) is 8.42 Å². The van der Waals surface area contributed by atoms with Gasteiger partial charge in [0.15, 0.2) is 9.84 Å². The maximum Gasteiger partial charge on any atom is 0.151 e. The molecule has 16 heavy (non-hydrogen) atoms. The normalized spacial score (nSPS) is 33.2. The molecule has 5 heteroatoms. The minimum Gasteiger partial charge on any atom is -0.497 e. The van der Waals surface area contributed by atoms with Crippen molar-refractivity contribution in [1.82, 2.24) is 5.32 Å². The summed E-state index contributed by atoms with van der Waals surface area (Å²) >= 11 is 0. The number of hydrogen-bond acceptors (Lipinski definition) is 4. The second-order valence-corrected chi connectivity index (χ2v) is 6.80. The Bertz CT molecular complexity index is 350. The van der Waals surface area contributed by atoms with Gasteiger partial charge >= 0.3 is 0 Å². The van der Waals surface area contributed by atoms with Crippen LogP contribution in [0.4, 0.5) is 0 Å². The summed E-state index contributed by atoms with van der Waals surface area (Å²) < 4.78 is 28.3. The Kier molecular flexibility index (Phi) is 3.86. The first-order valence-electron chi connectivity index (χ1n) is 5.90. The molecule has 0 spiro atoms. The second-order valence-electron chi connectivity index (χ2n) is 4.57. The molecular weight excluding hydrogens is 226 g/mol. The molecule has 2 unspecified atom stereocenters. The summed E-state index contributed by atoms with van der Waals surface area (Å²) in [4.78, 5) is 0. The minimum absolute atomic E-state index is 0.119. The number of hydrogen-bond donors (Lipinski definition) is 1. The average molecular weight is 245 g/mol. The van der Waals surface area contributed by atoms with Gasteiger partial charge < -0.3 is 10.1 Å². The van der Waals surface area contributed by atoms with Crippen LogP contribution in [0, 0.1) is 0 Å². The third kappa shape index (κ3) is 3.49. The maximum atomic E-state index is 11.4. The van der Waals surface area contributed by atoms with E-state index in [1.54, 1.807) is 6.26 Å². The third-order valence-electron chi connectivity index (χ3n) is 3.12. The van der Waals surface area contributed by atoms with Crippen LogP contribution in [-0.4, -0.2) is 38.6 Å². The molecule has 2 atom stereocenters. The zero-order valence-electron chi connectivity index (χ0n) is 9.39. The van der Waals surface area contributed by atoms with Crippen molar-refractivity contribution >= 4 is 9.84 Å². The number of ether oxygens (including phenoxy) is 1. The number of sulfone groups is 1. The molecule has 92 valence electrons. The molecule has 0 aromatic heterocycles. The summed E-state index contributed by atoms with van der Waals surface area (Å²) in [7, 11) is -2.80. The van der Waals surface area contributed by atoms with Crippen molar-refractivity contribution in [2.45, 2.75) is 37.8 Å². The molecule has 0 saturated carbocycles. The molecule has 0 bridgehead atoms. The molecule has 1 fully saturated rings. The van der Waals surface area contributed by atoms with Crippen LogP contribution < -0.4 is 5.32 Å². The van der Waals surface area contributed by atoms with Gasteiger partial charge in [-0.05, 0) is 31.8 Å². The summed E-state index contributed by atoms with van der Waals surface area (Å²) in [5.74, 6) is 0.642. The molecule has 2 rings (SSSR count). The smallest absolute Gasteiger partial charge is 0.151 e. The van der Waals surface area contributed by atoms with Crippen molar-refractivity contribution in [2.24, 2.45) is 0 Å². The quantitative estimate of drug-likeness (QED) is 0.801. The first-order valence-corrected chi connectivity index (χ1v) is 7.72. The molecular formula is C11H19NO3S. The van der Waals surface area contributed by atoms with Crippen LogP contribution in [0.1, 0.15) is 25.7 Å². The minimum atomic E-state index is -2.80. The van der Waals surface area contributed by atoms with Gasteiger partial charge in [0.05, 0.1) is 17.8 Å². The highest BCUT2D eigenvalue weighted by Crippen LogP contribution is 2.14.